The van der Waals surface area contributed by atoms with E-state index in [0.717, 1.165) is 6.42 Å². The Morgan fingerprint density at radius 2 is 2.00 bits per heavy atom. The Hall–Kier alpha value is -1.03. The first-order valence-electron chi connectivity index (χ1n) is 8.70. The van der Waals surface area contributed by atoms with Gasteiger partial charge in [0.1, 0.15) is 0 Å². The van der Waals surface area contributed by atoms with Gasteiger partial charge in [-0.15, -0.1) is 24.0 Å². The maximum absolute atomic E-state index is 12.5. The molecule has 1 saturated heterocycles. The van der Waals surface area contributed by atoms with E-state index < -0.39 is 12.7 Å². The van der Waals surface area contributed by atoms with E-state index in [1.807, 2.05) is 6.07 Å². The number of nitrogens with one attached hydrogen (secondary N) is 2. The number of guanidine groups is 1. The minimum absolute atomic E-state index is 0. The van der Waals surface area contributed by atoms with Gasteiger partial charge in [-0.05, 0) is 30.9 Å². The highest BCUT2D eigenvalue weighted by Crippen LogP contribution is 2.42. The van der Waals surface area contributed by atoms with E-state index >= 15 is 0 Å². The van der Waals surface area contributed by atoms with Crippen LogP contribution in [0.5, 0.6) is 0 Å². The Bertz CT molecular complexity index is 635. The third-order valence-electron chi connectivity index (χ3n) is 4.94. The summed E-state index contributed by atoms with van der Waals surface area (Å²) >= 11 is 0. The zero-order valence-electron chi connectivity index (χ0n) is 15.0. The third kappa shape index (κ3) is 5.73. The van der Waals surface area contributed by atoms with Gasteiger partial charge < -0.3 is 10.6 Å². The van der Waals surface area contributed by atoms with Crippen molar-refractivity contribution in [3.05, 3.63) is 35.4 Å². The molecule has 146 valence electrons. The van der Waals surface area contributed by atoms with Gasteiger partial charge in [-0.3, -0.25) is 9.89 Å². The monoisotopic (exact) mass is 482 g/mol. The summed E-state index contributed by atoms with van der Waals surface area (Å²) in [6.45, 7) is 2.14. The van der Waals surface area contributed by atoms with Crippen molar-refractivity contribution in [3.8, 4) is 0 Å². The lowest BCUT2D eigenvalue weighted by molar-refractivity contribution is -0.143. The minimum Gasteiger partial charge on any atom is -0.353 e. The van der Waals surface area contributed by atoms with Gasteiger partial charge in [0.05, 0.1) is 6.54 Å². The fraction of sp³-hybridized carbons (Fsp3) is 0.611. The van der Waals surface area contributed by atoms with E-state index in [0.29, 0.717) is 37.4 Å². The number of halogens is 4. The Balaban J connectivity index is 0.00000243. The van der Waals surface area contributed by atoms with Gasteiger partial charge in [-0.1, -0.05) is 24.3 Å². The van der Waals surface area contributed by atoms with Crippen LogP contribution in [0.4, 0.5) is 13.2 Å². The molecule has 2 fully saturated rings. The SMILES string of the molecule is CN=C(NC1CCN(CC(F)(F)F)C1)NC1CC1c1ccccc1C.I. The second-order valence-electron chi connectivity index (χ2n) is 7.00. The number of rotatable bonds is 4. The van der Waals surface area contributed by atoms with Crippen molar-refractivity contribution >= 4 is 29.9 Å². The normalized spacial score (nSPS) is 26.3. The molecule has 0 spiro atoms. The zero-order valence-corrected chi connectivity index (χ0v) is 17.3. The molecule has 3 unspecified atom stereocenters. The van der Waals surface area contributed by atoms with E-state index in [2.05, 4.69) is 40.7 Å². The maximum Gasteiger partial charge on any atom is 0.401 e. The molecule has 0 radical (unpaired) electrons. The molecule has 8 heteroatoms. The van der Waals surface area contributed by atoms with Gasteiger partial charge in [-0.25, -0.2) is 0 Å². The lowest BCUT2D eigenvalue weighted by Crippen LogP contribution is -2.46. The summed E-state index contributed by atoms with van der Waals surface area (Å²) in [4.78, 5) is 5.68. The first-order chi connectivity index (χ1) is 11.9. The number of hydrogen-bond acceptors (Lipinski definition) is 2. The molecule has 1 aliphatic carbocycles. The largest absolute Gasteiger partial charge is 0.401 e. The highest BCUT2D eigenvalue weighted by atomic mass is 127. The van der Waals surface area contributed by atoms with Gasteiger partial charge in [-0.2, -0.15) is 13.2 Å². The molecule has 3 atom stereocenters. The van der Waals surface area contributed by atoms with Gasteiger partial charge in [0.15, 0.2) is 5.96 Å². The van der Waals surface area contributed by atoms with Crippen molar-refractivity contribution in [3.63, 3.8) is 0 Å². The molecule has 1 saturated carbocycles. The predicted molar refractivity (Wildman–Crippen MR) is 108 cm³/mol. The Morgan fingerprint density at radius 1 is 1.27 bits per heavy atom. The Morgan fingerprint density at radius 3 is 2.65 bits per heavy atom. The van der Waals surface area contributed by atoms with Crippen LogP contribution in [0.25, 0.3) is 0 Å². The van der Waals surface area contributed by atoms with Crippen LogP contribution >= 0.6 is 24.0 Å². The first kappa shape index (κ1) is 21.3. The van der Waals surface area contributed by atoms with Gasteiger partial charge in [0.25, 0.3) is 0 Å². The number of aryl methyl sites for hydroxylation is 1. The molecule has 0 bridgehead atoms. The fourth-order valence-electron chi connectivity index (χ4n) is 3.59. The molecule has 1 aliphatic heterocycles. The molecular weight excluding hydrogens is 456 g/mol. The molecule has 1 aromatic rings. The van der Waals surface area contributed by atoms with E-state index in [9.17, 15) is 13.2 Å². The Kier molecular flexibility index (Phi) is 7.18. The molecule has 26 heavy (non-hydrogen) atoms. The first-order valence-corrected chi connectivity index (χ1v) is 8.70. The van der Waals surface area contributed by atoms with Crippen molar-refractivity contribution in [2.24, 2.45) is 4.99 Å². The molecule has 3 rings (SSSR count). The van der Waals surface area contributed by atoms with Gasteiger partial charge >= 0.3 is 6.18 Å². The summed E-state index contributed by atoms with van der Waals surface area (Å²) in [6, 6.07) is 8.70. The number of nitrogens with zero attached hydrogens (tertiary/aromatic N) is 2. The predicted octanol–water partition coefficient (Wildman–Crippen LogP) is 3.27. The van der Waals surface area contributed by atoms with Crippen LogP contribution in [0, 0.1) is 6.92 Å². The minimum atomic E-state index is -4.14. The number of alkyl halides is 3. The Labute approximate surface area is 169 Å². The van der Waals surface area contributed by atoms with E-state index in [-0.39, 0.29) is 30.0 Å². The summed E-state index contributed by atoms with van der Waals surface area (Å²) in [5, 5.41) is 6.67. The highest BCUT2D eigenvalue weighted by Gasteiger charge is 2.40. The van der Waals surface area contributed by atoms with Gasteiger partial charge in [0.2, 0.25) is 0 Å². The lowest BCUT2D eigenvalue weighted by Gasteiger charge is -2.20. The zero-order chi connectivity index (χ0) is 18.0. The van der Waals surface area contributed by atoms with E-state index in [4.69, 9.17) is 0 Å². The number of benzene rings is 1. The number of aliphatic imine (C=N–C) groups is 1. The summed E-state index contributed by atoms with van der Waals surface area (Å²) in [6.07, 6.45) is -2.39. The van der Waals surface area contributed by atoms with Crippen molar-refractivity contribution in [1.29, 1.82) is 0 Å². The second kappa shape index (κ2) is 8.77. The maximum atomic E-state index is 12.5. The molecule has 1 aromatic carbocycles. The van der Waals surface area contributed by atoms with Crippen molar-refractivity contribution in [2.45, 2.75) is 43.9 Å². The molecule has 0 amide bonds. The van der Waals surface area contributed by atoms with Crippen LogP contribution < -0.4 is 10.6 Å². The standard InChI is InChI=1S/C18H25F3N4.HI/c1-12-5-3-4-6-14(12)15-9-16(15)24-17(22-2)23-13-7-8-25(10-13)11-18(19,20)21;/h3-6,13,15-16H,7-11H2,1-2H3,(H2,22,23,24);1H. The summed E-state index contributed by atoms with van der Waals surface area (Å²) < 4.78 is 37.4. The van der Waals surface area contributed by atoms with Crippen molar-refractivity contribution < 1.29 is 13.2 Å². The lowest BCUT2D eigenvalue weighted by atomic mass is 10.0. The molecule has 4 nitrogen and oxygen atoms in total. The smallest absolute Gasteiger partial charge is 0.353 e. The fourth-order valence-corrected chi connectivity index (χ4v) is 3.59. The van der Waals surface area contributed by atoms with Crippen LogP contribution in [0.15, 0.2) is 29.3 Å². The molecule has 0 aromatic heterocycles. The molecule has 2 aliphatic rings. The molecule has 1 heterocycles. The molecule has 2 N–H and O–H groups in total. The van der Waals surface area contributed by atoms with Crippen molar-refractivity contribution in [2.75, 3.05) is 26.7 Å². The molecular formula is C18H26F3IN4. The van der Waals surface area contributed by atoms with Gasteiger partial charge in [0, 0.05) is 38.1 Å². The quantitative estimate of drug-likeness (QED) is 0.393. The average molecular weight is 482 g/mol. The van der Waals surface area contributed by atoms with Crippen LogP contribution in [0.2, 0.25) is 0 Å². The summed E-state index contributed by atoms with van der Waals surface area (Å²) in [5.41, 5.74) is 2.64. The number of likely N-dealkylation sites (tertiary alicyclic amines) is 1. The number of hydrogen-bond donors (Lipinski definition) is 2. The average Bonchev–Trinajstić information content (AvgIpc) is 3.16. The van der Waals surface area contributed by atoms with Crippen LogP contribution in [-0.4, -0.2) is 55.8 Å². The van der Waals surface area contributed by atoms with Crippen LogP contribution in [0.1, 0.15) is 29.9 Å². The van der Waals surface area contributed by atoms with E-state index in [1.165, 1.54) is 16.0 Å². The second-order valence-corrected chi connectivity index (χ2v) is 7.00. The van der Waals surface area contributed by atoms with Crippen LogP contribution in [-0.2, 0) is 0 Å². The summed E-state index contributed by atoms with van der Waals surface area (Å²) in [7, 11) is 1.70. The topological polar surface area (TPSA) is 39.7 Å². The highest BCUT2D eigenvalue weighted by molar-refractivity contribution is 14.0. The van der Waals surface area contributed by atoms with Crippen molar-refractivity contribution in [1.82, 2.24) is 15.5 Å². The third-order valence-corrected chi connectivity index (χ3v) is 4.94. The van der Waals surface area contributed by atoms with Crippen LogP contribution in [0.3, 0.4) is 0 Å². The summed E-state index contributed by atoms with van der Waals surface area (Å²) in [5.74, 6) is 1.16. The van der Waals surface area contributed by atoms with E-state index in [1.54, 1.807) is 7.05 Å².